The first kappa shape index (κ1) is 14.3. The van der Waals surface area contributed by atoms with Crippen LogP contribution < -0.4 is 5.32 Å². The summed E-state index contributed by atoms with van der Waals surface area (Å²) in [6.07, 6.45) is 5.09. The van der Waals surface area contributed by atoms with Crippen molar-refractivity contribution in [3.8, 4) is 0 Å². The van der Waals surface area contributed by atoms with Crippen molar-refractivity contribution in [1.82, 2.24) is 14.7 Å². The monoisotopic (exact) mass is 299 g/mol. The number of nitrogens with zero attached hydrogens (tertiary/aromatic N) is 2. The van der Waals surface area contributed by atoms with Gasteiger partial charge in [-0.2, -0.15) is 0 Å². The molecule has 0 aliphatic heterocycles. The Hall–Kier alpha value is -1.65. The number of hydrogen-bond acceptors (Lipinski definition) is 3. The first-order valence-corrected chi connectivity index (χ1v) is 8.23. The number of aromatic nitrogens is 2. The van der Waals surface area contributed by atoms with E-state index >= 15 is 0 Å². The highest BCUT2D eigenvalue weighted by Crippen LogP contribution is 2.22. The lowest BCUT2D eigenvalue weighted by Gasteiger charge is -2.16. The van der Waals surface area contributed by atoms with E-state index in [9.17, 15) is 0 Å². The minimum atomic E-state index is 0.302. The Morgan fingerprint density at radius 2 is 1.90 bits per heavy atom. The van der Waals surface area contributed by atoms with Crippen molar-refractivity contribution in [3.63, 3.8) is 0 Å². The van der Waals surface area contributed by atoms with Crippen LogP contribution in [0, 0.1) is 0 Å². The summed E-state index contributed by atoms with van der Waals surface area (Å²) >= 11 is 1.68. The number of benzene rings is 1. The minimum absolute atomic E-state index is 0.302. The Balaban J connectivity index is 1.79. The van der Waals surface area contributed by atoms with E-state index in [0.717, 1.165) is 17.1 Å². The van der Waals surface area contributed by atoms with Crippen LogP contribution in [0.1, 0.15) is 42.6 Å². The van der Waals surface area contributed by atoms with Gasteiger partial charge < -0.3 is 5.32 Å². The molecule has 4 heteroatoms. The lowest BCUT2D eigenvalue weighted by atomic mass is 9.97. The van der Waals surface area contributed by atoms with Gasteiger partial charge in [-0.25, -0.2) is 4.98 Å². The van der Waals surface area contributed by atoms with E-state index in [1.807, 2.05) is 7.05 Å². The van der Waals surface area contributed by atoms with Gasteiger partial charge in [-0.1, -0.05) is 38.1 Å². The number of imidazole rings is 1. The molecule has 21 heavy (non-hydrogen) atoms. The van der Waals surface area contributed by atoms with Crippen LogP contribution in [-0.2, 0) is 6.42 Å². The molecule has 1 atom stereocenters. The molecule has 3 nitrogen and oxygen atoms in total. The quantitative estimate of drug-likeness (QED) is 0.771. The fraction of sp³-hybridized carbons (Fsp3) is 0.353. The summed E-state index contributed by atoms with van der Waals surface area (Å²) in [4.78, 5) is 5.74. The minimum Gasteiger partial charge on any atom is -0.313 e. The lowest BCUT2D eigenvalue weighted by molar-refractivity contribution is 0.585. The Bertz CT molecular complexity index is 681. The lowest BCUT2D eigenvalue weighted by Crippen LogP contribution is -2.19. The predicted octanol–water partition coefficient (Wildman–Crippen LogP) is 4.02. The van der Waals surface area contributed by atoms with E-state index in [4.69, 9.17) is 0 Å². The summed E-state index contributed by atoms with van der Waals surface area (Å²) in [5, 5.41) is 5.47. The molecular formula is C17H21N3S. The smallest absolute Gasteiger partial charge is 0.193 e. The summed E-state index contributed by atoms with van der Waals surface area (Å²) in [6.45, 7) is 4.45. The number of nitrogens with one attached hydrogen (secondary N) is 1. The summed E-state index contributed by atoms with van der Waals surface area (Å²) in [7, 11) is 2.01. The third-order valence-electron chi connectivity index (χ3n) is 3.91. The molecule has 1 unspecified atom stereocenters. The second-order valence-electron chi connectivity index (χ2n) is 5.69. The Kier molecular flexibility index (Phi) is 4.08. The molecule has 3 rings (SSSR count). The molecule has 0 saturated heterocycles. The number of thiazole rings is 1. The molecule has 2 heterocycles. The topological polar surface area (TPSA) is 29.3 Å². The van der Waals surface area contributed by atoms with Gasteiger partial charge in [0.05, 0.1) is 5.69 Å². The maximum Gasteiger partial charge on any atom is 0.193 e. The Labute approximate surface area is 129 Å². The zero-order valence-electron chi connectivity index (χ0n) is 12.7. The van der Waals surface area contributed by atoms with Crippen LogP contribution in [-0.4, -0.2) is 16.4 Å². The molecule has 0 amide bonds. The second-order valence-corrected chi connectivity index (χ2v) is 6.56. The summed E-state index contributed by atoms with van der Waals surface area (Å²) in [5.41, 5.74) is 3.84. The van der Waals surface area contributed by atoms with Crippen molar-refractivity contribution in [1.29, 1.82) is 0 Å². The van der Waals surface area contributed by atoms with Crippen LogP contribution in [0.5, 0.6) is 0 Å². The Morgan fingerprint density at radius 1 is 1.19 bits per heavy atom. The zero-order chi connectivity index (χ0) is 14.8. The summed E-state index contributed by atoms with van der Waals surface area (Å²) in [6, 6.07) is 9.23. The molecule has 1 N–H and O–H groups in total. The molecule has 0 spiro atoms. The first-order chi connectivity index (χ1) is 10.2. The highest BCUT2D eigenvalue weighted by Gasteiger charge is 2.13. The molecule has 110 valence electrons. The maximum atomic E-state index is 4.67. The van der Waals surface area contributed by atoms with Crippen molar-refractivity contribution < 1.29 is 0 Å². The van der Waals surface area contributed by atoms with Crippen molar-refractivity contribution in [3.05, 3.63) is 58.9 Å². The van der Waals surface area contributed by atoms with Crippen molar-refractivity contribution in [2.45, 2.75) is 32.2 Å². The average Bonchev–Trinajstić information content (AvgIpc) is 3.06. The molecule has 0 bridgehead atoms. The van der Waals surface area contributed by atoms with Gasteiger partial charge in [0.15, 0.2) is 4.96 Å². The number of fused-ring (bicyclic) bond motifs is 1. The van der Waals surface area contributed by atoms with Gasteiger partial charge in [-0.15, -0.1) is 11.3 Å². The molecule has 0 aliphatic rings. The predicted molar refractivity (Wildman–Crippen MR) is 89.1 cm³/mol. The van der Waals surface area contributed by atoms with Crippen LogP contribution in [0.4, 0.5) is 0 Å². The molecule has 0 fully saturated rings. The largest absolute Gasteiger partial charge is 0.313 e. The van der Waals surface area contributed by atoms with Gasteiger partial charge in [-0.05, 0) is 24.1 Å². The zero-order valence-corrected chi connectivity index (χ0v) is 13.5. The number of hydrogen-bond donors (Lipinski definition) is 1. The molecule has 0 radical (unpaired) electrons. The van der Waals surface area contributed by atoms with Crippen molar-refractivity contribution >= 4 is 16.3 Å². The third-order valence-corrected chi connectivity index (χ3v) is 4.68. The molecular weight excluding hydrogens is 278 g/mol. The van der Waals surface area contributed by atoms with Gasteiger partial charge in [0.1, 0.15) is 0 Å². The van der Waals surface area contributed by atoms with E-state index in [1.165, 1.54) is 11.1 Å². The second kappa shape index (κ2) is 6.00. The summed E-state index contributed by atoms with van der Waals surface area (Å²) in [5.74, 6) is 0.576. The van der Waals surface area contributed by atoms with Crippen LogP contribution in [0.2, 0.25) is 0 Å². The van der Waals surface area contributed by atoms with E-state index in [1.54, 1.807) is 11.3 Å². The van der Waals surface area contributed by atoms with Gasteiger partial charge >= 0.3 is 0 Å². The summed E-state index contributed by atoms with van der Waals surface area (Å²) < 4.78 is 2.09. The van der Waals surface area contributed by atoms with Gasteiger partial charge in [-0.3, -0.25) is 4.40 Å². The SMILES string of the molecule is CNC(Cc1cn2ccsc2n1)c1ccc(C(C)C)cc1. The fourth-order valence-corrected chi connectivity index (χ4v) is 3.30. The van der Waals surface area contributed by atoms with E-state index in [0.29, 0.717) is 12.0 Å². The maximum absolute atomic E-state index is 4.67. The molecule has 0 aliphatic carbocycles. The first-order valence-electron chi connectivity index (χ1n) is 7.35. The van der Waals surface area contributed by atoms with Crippen LogP contribution in [0.25, 0.3) is 4.96 Å². The molecule has 2 aromatic heterocycles. The van der Waals surface area contributed by atoms with E-state index in [-0.39, 0.29) is 0 Å². The highest BCUT2D eigenvalue weighted by molar-refractivity contribution is 7.15. The molecule has 0 saturated carbocycles. The van der Waals surface area contributed by atoms with Crippen LogP contribution in [0.3, 0.4) is 0 Å². The fourth-order valence-electron chi connectivity index (χ4n) is 2.58. The average molecular weight is 299 g/mol. The van der Waals surface area contributed by atoms with Crippen LogP contribution >= 0.6 is 11.3 Å². The van der Waals surface area contributed by atoms with Gasteiger partial charge in [0.2, 0.25) is 0 Å². The standard InChI is InChI=1S/C17H21N3S/c1-12(2)13-4-6-14(7-5-13)16(18-3)10-15-11-20-8-9-21-17(20)19-15/h4-9,11-12,16,18H,10H2,1-3H3. The van der Waals surface area contributed by atoms with Gasteiger partial charge in [0, 0.05) is 30.2 Å². The van der Waals surface area contributed by atoms with Gasteiger partial charge in [0.25, 0.3) is 0 Å². The molecule has 3 aromatic rings. The number of rotatable bonds is 5. The van der Waals surface area contributed by atoms with Crippen molar-refractivity contribution in [2.75, 3.05) is 7.05 Å². The van der Waals surface area contributed by atoms with E-state index in [2.05, 4.69) is 70.6 Å². The van der Waals surface area contributed by atoms with Crippen LogP contribution in [0.15, 0.2) is 42.0 Å². The van der Waals surface area contributed by atoms with Crippen molar-refractivity contribution in [2.24, 2.45) is 0 Å². The Morgan fingerprint density at radius 3 is 2.52 bits per heavy atom. The number of likely N-dealkylation sites (N-methyl/N-ethyl adjacent to an activating group) is 1. The third kappa shape index (κ3) is 3.01. The van der Waals surface area contributed by atoms with E-state index < -0.39 is 0 Å². The normalized spacial score (nSPS) is 13.1. The highest BCUT2D eigenvalue weighted by atomic mass is 32.1. The molecule has 1 aromatic carbocycles.